The fraction of sp³-hybridized carbons (Fsp3) is 0. The second-order valence-electron chi connectivity index (χ2n) is 17.3. The molecule has 0 unspecified atom stereocenters. The van der Waals surface area contributed by atoms with Gasteiger partial charge >= 0.3 is 0 Å². The molecule has 0 saturated carbocycles. The smallest absolute Gasteiger partial charge is 0.143 e. The molecule has 2 heteroatoms. The zero-order valence-electron chi connectivity index (χ0n) is 37.3. The largest absolute Gasteiger partial charge is 0.455 e. The first-order valence-electron chi connectivity index (χ1n) is 23.2. The number of anilines is 3. The van der Waals surface area contributed by atoms with E-state index in [4.69, 9.17) is 4.42 Å². The summed E-state index contributed by atoms with van der Waals surface area (Å²) in [6.07, 6.45) is 0. The molecule has 0 aliphatic carbocycles. The van der Waals surface area contributed by atoms with Gasteiger partial charge in [-0.3, -0.25) is 0 Å². The zero-order chi connectivity index (χ0) is 45.2. The second kappa shape index (κ2) is 17.8. The quantitative estimate of drug-likeness (QED) is 0.136. The van der Waals surface area contributed by atoms with Crippen LogP contribution in [-0.2, 0) is 0 Å². The van der Waals surface area contributed by atoms with Gasteiger partial charge in [0.15, 0.2) is 0 Å². The molecule has 0 atom stereocenters. The van der Waals surface area contributed by atoms with Gasteiger partial charge in [0, 0.05) is 33.5 Å². The van der Waals surface area contributed by atoms with Crippen LogP contribution in [0.3, 0.4) is 0 Å². The van der Waals surface area contributed by atoms with Crippen molar-refractivity contribution in [1.29, 1.82) is 0 Å². The highest BCUT2D eigenvalue weighted by Gasteiger charge is 2.20. The summed E-state index contributed by atoms with van der Waals surface area (Å²) in [5, 5.41) is 3.60. The molecule has 12 rings (SSSR count). The number of fused-ring (bicyclic) bond motifs is 2. The highest BCUT2D eigenvalue weighted by molar-refractivity contribution is 6.02. The predicted molar refractivity (Wildman–Crippen MR) is 286 cm³/mol. The number of hydrogen-bond acceptors (Lipinski definition) is 2. The van der Waals surface area contributed by atoms with Crippen molar-refractivity contribution in [2.75, 3.05) is 4.90 Å². The second-order valence-corrected chi connectivity index (χ2v) is 17.3. The summed E-state index contributed by atoms with van der Waals surface area (Å²) in [4.78, 5) is 2.38. The summed E-state index contributed by atoms with van der Waals surface area (Å²) in [5.41, 5.74) is 19.2. The molecule has 0 fully saturated rings. The first-order chi connectivity index (χ1) is 33.7. The fourth-order valence-corrected chi connectivity index (χ4v) is 9.62. The van der Waals surface area contributed by atoms with Crippen molar-refractivity contribution in [3.05, 3.63) is 273 Å². The number of nitrogens with zero attached hydrogens (tertiary/aromatic N) is 1. The maximum atomic E-state index is 6.57. The van der Waals surface area contributed by atoms with E-state index in [9.17, 15) is 0 Å². The molecule has 0 aliphatic heterocycles. The third kappa shape index (κ3) is 7.85. The Morgan fingerprint density at radius 3 is 1.37 bits per heavy atom. The molecular weight excluding hydrogens is 823 g/mol. The highest BCUT2D eigenvalue weighted by atomic mass is 16.3. The van der Waals surface area contributed by atoms with Crippen LogP contribution in [0.4, 0.5) is 17.1 Å². The van der Waals surface area contributed by atoms with Crippen LogP contribution in [0.5, 0.6) is 0 Å². The number of hydrogen-bond donors (Lipinski definition) is 0. The summed E-state index contributed by atoms with van der Waals surface area (Å²) in [6.45, 7) is 0. The molecule has 0 N–H and O–H groups in total. The predicted octanol–water partition coefficient (Wildman–Crippen LogP) is 18.7. The molecule has 11 aromatic carbocycles. The van der Waals surface area contributed by atoms with Gasteiger partial charge in [-0.15, -0.1) is 0 Å². The topological polar surface area (TPSA) is 16.4 Å². The minimum absolute atomic E-state index is 0.884. The number of benzene rings is 11. The Bertz CT molecular complexity index is 3680. The van der Waals surface area contributed by atoms with E-state index in [1.165, 1.54) is 33.0 Å². The van der Waals surface area contributed by atoms with E-state index in [1.807, 2.05) is 12.1 Å². The Labute approximate surface area is 397 Å². The average molecular weight is 868 g/mol. The average Bonchev–Trinajstić information content (AvgIpc) is 3.82. The van der Waals surface area contributed by atoms with E-state index in [0.717, 1.165) is 83.9 Å². The summed E-state index contributed by atoms with van der Waals surface area (Å²) >= 11 is 0. The molecule has 0 spiro atoms. The van der Waals surface area contributed by atoms with Crippen LogP contribution < -0.4 is 4.90 Å². The molecule has 1 heterocycles. The van der Waals surface area contributed by atoms with E-state index in [0.29, 0.717) is 0 Å². The van der Waals surface area contributed by atoms with Crippen molar-refractivity contribution in [2.45, 2.75) is 0 Å². The maximum Gasteiger partial charge on any atom is 0.143 e. The van der Waals surface area contributed by atoms with Crippen LogP contribution >= 0.6 is 0 Å². The standard InChI is InChI=1S/C66H45NO/c1-3-14-46(15-4-1)48-30-33-53(34-31-48)61-22-9-11-24-63(61)67(60-42-38-52(39-43-60)57-35-32-47-16-7-8-19-55(47)44-57)59-40-36-50(37-41-59)49-26-28-51(29-27-49)56-20-13-21-58(45-56)66-65(54-17-5-2-6-18-54)62-23-10-12-25-64(62)68-66/h1-45H. The SMILES string of the molecule is c1ccc(-c2ccc(-c3ccccc3N(c3ccc(-c4ccc(-c5cccc(-c6oc7ccccc7c6-c6ccccc6)c5)cc4)cc3)c3ccc(-c4ccc5ccccc5c4)cc3)cc2)cc1. The lowest BCUT2D eigenvalue weighted by atomic mass is 9.95. The lowest BCUT2D eigenvalue weighted by Crippen LogP contribution is -2.11. The monoisotopic (exact) mass is 867 g/mol. The van der Waals surface area contributed by atoms with Crippen molar-refractivity contribution in [3.63, 3.8) is 0 Å². The summed E-state index contributed by atoms with van der Waals surface area (Å²) in [5.74, 6) is 0.884. The van der Waals surface area contributed by atoms with Gasteiger partial charge in [0.05, 0.1) is 5.69 Å². The molecule has 1 aromatic heterocycles. The van der Waals surface area contributed by atoms with E-state index in [-0.39, 0.29) is 0 Å². The molecule has 0 bridgehead atoms. The molecule has 2 nitrogen and oxygen atoms in total. The van der Waals surface area contributed by atoms with E-state index in [2.05, 4.69) is 266 Å². The highest BCUT2D eigenvalue weighted by Crippen LogP contribution is 2.44. The van der Waals surface area contributed by atoms with Crippen molar-refractivity contribution in [1.82, 2.24) is 0 Å². The Balaban J connectivity index is 0.873. The lowest BCUT2D eigenvalue weighted by molar-refractivity contribution is 0.632. The van der Waals surface area contributed by atoms with Crippen molar-refractivity contribution < 1.29 is 4.42 Å². The van der Waals surface area contributed by atoms with Crippen LogP contribution in [0.2, 0.25) is 0 Å². The number of rotatable bonds is 10. The van der Waals surface area contributed by atoms with Crippen molar-refractivity contribution >= 4 is 38.8 Å². The van der Waals surface area contributed by atoms with Gasteiger partial charge in [0.2, 0.25) is 0 Å². The Morgan fingerprint density at radius 1 is 0.265 bits per heavy atom. The first kappa shape index (κ1) is 40.5. The number of furan rings is 1. The number of para-hydroxylation sites is 2. The third-order valence-corrected chi connectivity index (χ3v) is 13.1. The molecule has 12 aromatic rings. The van der Waals surface area contributed by atoms with E-state index >= 15 is 0 Å². The normalized spacial score (nSPS) is 11.2. The van der Waals surface area contributed by atoms with Crippen LogP contribution in [0.25, 0.3) is 99.8 Å². The van der Waals surface area contributed by atoms with Gasteiger partial charge in [0.25, 0.3) is 0 Å². The summed E-state index contributed by atoms with van der Waals surface area (Å²) in [6, 6.07) is 97.9. The Hall–Kier alpha value is -8.98. The minimum atomic E-state index is 0.884. The van der Waals surface area contributed by atoms with Crippen LogP contribution in [0, 0.1) is 0 Å². The molecular formula is C66H45NO. The van der Waals surface area contributed by atoms with Gasteiger partial charge in [-0.1, -0.05) is 224 Å². The van der Waals surface area contributed by atoms with Gasteiger partial charge in [-0.25, -0.2) is 0 Å². The third-order valence-electron chi connectivity index (χ3n) is 13.1. The maximum absolute atomic E-state index is 6.57. The van der Waals surface area contributed by atoms with Crippen LogP contribution in [-0.4, -0.2) is 0 Å². The molecule has 68 heavy (non-hydrogen) atoms. The van der Waals surface area contributed by atoms with Gasteiger partial charge in [0.1, 0.15) is 11.3 Å². The molecule has 0 saturated heterocycles. The Morgan fingerprint density at radius 2 is 0.706 bits per heavy atom. The van der Waals surface area contributed by atoms with Crippen molar-refractivity contribution in [3.8, 4) is 78.1 Å². The van der Waals surface area contributed by atoms with Gasteiger partial charge in [-0.2, -0.15) is 0 Å². The van der Waals surface area contributed by atoms with Crippen molar-refractivity contribution in [2.24, 2.45) is 0 Å². The fourth-order valence-electron chi connectivity index (χ4n) is 9.62. The first-order valence-corrected chi connectivity index (χ1v) is 23.2. The zero-order valence-corrected chi connectivity index (χ0v) is 37.3. The summed E-state index contributed by atoms with van der Waals surface area (Å²) in [7, 11) is 0. The van der Waals surface area contributed by atoms with E-state index < -0.39 is 0 Å². The minimum Gasteiger partial charge on any atom is -0.455 e. The summed E-state index contributed by atoms with van der Waals surface area (Å²) < 4.78 is 6.57. The Kier molecular flexibility index (Phi) is 10.6. The van der Waals surface area contributed by atoms with Crippen LogP contribution in [0.1, 0.15) is 0 Å². The van der Waals surface area contributed by atoms with Gasteiger partial charge < -0.3 is 9.32 Å². The molecule has 0 radical (unpaired) electrons. The van der Waals surface area contributed by atoms with E-state index in [1.54, 1.807) is 0 Å². The molecule has 0 amide bonds. The molecule has 320 valence electrons. The van der Waals surface area contributed by atoms with Crippen LogP contribution in [0.15, 0.2) is 277 Å². The lowest BCUT2D eigenvalue weighted by Gasteiger charge is -2.28. The molecule has 0 aliphatic rings. The van der Waals surface area contributed by atoms with Gasteiger partial charge in [-0.05, 0) is 115 Å².